The summed E-state index contributed by atoms with van der Waals surface area (Å²) in [5.74, 6) is 0.541. The molecule has 0 fully saturated rings. The van der Waals surface area contributed by atoms with Crippen molar-refractivity contribution in [3.05, 3.63) is 69.9 Å². The highest BCUT2D eigenvalue weighted by molar-refractivity contribution is 7.13. The van der Waals surface area contributed by atoms with E-state index in [1.54, 1.807) is 19.2 Å². The molecule has 0 spiro atoms. The Morgan fingerprint density at radius 3 is 2.68 bits per heavy atom. The number of ether oxygens (including phenoxy) is 1. The van der Waals surface area contributed by atoms with E-state index < -0.39 is 5.63 Å². The van der Waals surface area contributed by atoms with Crippen molar-refractivity contribution >= 4 is 22.3 Å². The fraction of sp³-hybridized carbons (Fsp3) is 0.100. The SMILES string of the molecule is COc1cccc2cc(-c3csc(-c4ccc(C)cc4)n3)c(=O)oc12. The molecule has 0 unspecified atom stereocenters. The van der Waals surface area contributed by atoms with Gasteiger partial charge in [-0.1, -0.05) is 42.0 Å². The van der Waals surface area contributed by atoms with Crippen LogP contribution in [0.4, 0.5) is 0 Å². The van der Waals surface area contributed by atoms with Crippen LogP contribution >= 0.6 is 11.3 Å². The summed E-state index contributed by atoms with van der Waals surface area (Å²) in [6.45, 7) is 2.05. The normalized spacial score (nSPS) is 11.0. The first-order valence-corrected chi connectivity index (χ1v) is 8.67. The fourth-order valence-corrected chi connectivity index (χ4v) is 3.51. The van der Waals surface area contributed by atoms with E-state index >= 15 is 0 Å². The Bertz CT molecular complexity index is 1110. The molecule has 2 heterocycles. The van der Waals surface area contributed by atoms with E-state index in [-0.39, 0.29) is 0 Å². The van der Waals surface area contributed by atoms with Crippen LogP contribution in [0.3, 0.4) is 0 Å². The van der Waals surface area contributed by atoms with Crippen LogP contribution in [0, 0.1) is 6.92 Å². The molecule has 25 heavy (non-hydrogen) atoms. The molecule has 5 heteroatoms. The van der Waals surface area contributed by atoms with E-state index in [4.69, 9.17) is 9.15 Å². The van der Waals surface area contributed by atoms with Gasteiger partial charge in [0.2, 0.25) is 0 Å². The molecule has 0 aliphatic rings. The quantitative estimate of drug-likeness (QED) is 0.494. The smallest absolute Gasteiger partial charge is 0.345 e. The molecular formula is C20H15NO3S. The van der Waals surface area contributed by atoms with Crippen molar-refractivity contribution in [2.45, 2.75) is 6.92 Å². The lowest BCUT2D eigenvalue weighted by Gasteiger charge is -2.04. The number of methoxy groups -OCH3 is 1. The highest BCUT2D eigenvalue weighted by Gasteiger charge is 2.14. The van der Waals surface area contributed by atoms with Gasteiger partial charge in [-0.3, -0.25) is 0 Å². The molecule has 0 N–H and O–H groups in total. The third-order valence-corrected chi connectivity index (χ3v) is 4.91. The van der Waals surface area contributed by atoms with Gasteiger partial charge in [-0.05, 0) is 19.1 Å². The van der Waals surface area contributed by atoms with Gasteiger partial charge < -0.3 is 9.15 Å². The van der Waals surface area contributed by atoms with Crippen LogP contribution in [-0.4, -0.2) is 12.1 Å². The average Bonchev–Trinajstić information content (AvgIpc) is 3.11. The first-order valence-electron chi connectivity index (χ1n) is 7.79. The first-order chi connectivity index (χ1) is 12.2. The van der Waals surface area contributed by atoms with Crippen molar-refractivity contribution in [3.8, 4) is 27.6 Å². The van der Waals surface area contributed by atoms with E-state index in [2.05, 4.69) is 4.98 Å². The second kappa shape index (κ2) is 6.18. The van der Waals surface area contributed by atoms with Gasteiger partial charge in [-0.2, -0.15) is 0 Å². The molecular weight excluding hydrogens is 334 g/mol. The standard InChI is InChI=1S/C20H15NO3S/c1-12-6-8-13(9-7-12)19-21-16(11-25-19)15-10-14-4-3-5-17(23-2)18(14)24-20(15)22/h3-11H,1-2H3. The predicted molar refractivity (Wildman–Crippen MR) is 100 cm³/mol. The van der Waals surface area contributed by atoms with Gasteiger partial charge >= 0.3 is 5.63 Å². The number of para-hydroxylation sites is 1. The zero-order chi connectivity index (χ0) is 17.4. The van der Waals surface area contributed by atoms with E-state index in [0.717, 1.165) is 16.0 Å². The van der Waals surface area contributed by atoms with Gasteiger partial charge in [-0.15, -0.1) is 11.3 Å². The number of hydrogen-bond acceptors (Lipinski definition) is 5. The summed E-state index contributed by atoms with van der Waals surface area (Å²) in [5, 5.41) is 3.56. The zero-order valence-corrected chi connectivity index (χ0v) is 14.6. The van der Waals surface area contributed by atoms with Crippen LogP contribution in [0.25, 0.3) is 32.8 Å². The third kappa shape index (κ3) is 2.83. The lowest BCUT2D eigenvalue weighted by Crippen LogP contribution is -2.03. The van der Waals surface area contributed by atoms with Crippen LogP contribution in [0.1, 0.15) is 5.56 Å². The molecule has 0 bridgehead atoms. The second-order valence-electron chi connectivity index (χ2n) is 5.73. The summed E-state index contributed by atoms with van der Waals surface area (Å²) in [4.78, 5) is 17.1. The lowest BCUT2D eigenvalue weighted by atomic mass is 10.1. The van der Waals surface area contributed by atoms with Gasteiger partial charge in [0, 0.05) is 16.3 Å². The summed E-state index contributed by atoms with van der Waals surface area (Å²) in [6, 6.07) is 15.5. The van der Waals surface area contributed by atoms with E-state index in [1.807, 2.05) is 48.7 Å². The first kappa shape index (κ1) is 15.6. The van der Waals surface area contributed by atoms with Crippen LogP contribution in [-0.2, 0) is 0 Å². The molecule has 4 nitrogen and oxygen atoms in total. The molecule has 0 saturated carbocycles. The minimum atomic E-state index is -0.419. The lowest BCUT2D eigenvalue weighted by molar-refractivity contribution is 0.407. The summed E-state index contributed by atoms with van der Waals surface area (Å²) >= 11 is 1.51. The van der Waals surface area contributed by atoms with Crippen LogP contribution in [0.15, 0.2) is 63.1 Å². The third-order valence-electron chi connectivity index (χ3n) is 4.02. The summed E-state index contributed by atoms with van der Waals surface area (Å²) in [7, 11) is 1.55. The maximum absolute atomic E-state index is 12.4. The Labute approximate surface area is 148 Å². The molecule has 0 aliphatic carbocycles. The Balaban J connectivity index is 1.81. The van der Waals surface area contributed by atoms with Gasteiger partial charge in [0.05, 0.1) is 18.4 Å². The van der Waals surface area contributed by atoms with E-state index in [9.17, 15) is 4.79 Å². The highest BCUT2D eigenvalue weighted by atomic mass is 32.1. The Kier molecular flexibility index (Phi) is 3.86. The number of rotatable bonds is 3. The maximum Gasteiger partial charge on any atom is 0.345 e. The largest absolute Gasteiger partial charge is 0.493 e. The number of aryl methyl sites for hydroxylation is 1. The molecule has 0 amide bonds. The number of fused-ring (bicyclic) bond motifs is 1. The molecule has 2 aromatic heterocycles. The van der Waals surface area contributed by atoms with Crippen LogP contribution < -0.4 is 10.4 Å². The van der Waals surface area contributed by atoms with E-state index in [1.165, 1.54) is 16.9 Å². The second-order valence-corrected chi connectivity index (χ2v) is 6.59. The molecule has 0 radical (unpaired) electrons. The van der Waals surface area contributed by atoms with Crippen molar-refractivity contribution < 1.29 is 9.15 Å². The van der Waals surface area contributed by atoms with Crippen LogP contribution in [0.5, 0.6) is 5.75 Å². The minimum Gasteiger partial charge on any atom is -0.493 e. The molecule has 4 rings (SSSR count). The Hall–Kier alpha value is -2.92. The van der Waals surface area contributed by atoms with Gasteiger partial charge in [0.25, 0.3) is 0 Å². The predicted octanol–water partition coefficient (Wildman–Crippen LogP) is 4.90. The molecule has 0 aliphatic heterocycles. The van der Waals surface area contributed by atoms with Gasteiger partial charge in [0.15, 0.2) is 11.3 Å². The fourth-order valence-electron chi connectivity index (χ4n) is 2.68. The topological polar surface area (TPSA) is 52.3 Å². The average molecular weight is 349 g/mol. The highest BCUT2D eigenvalue weighted by Crippen LogP contribution is 2.30. The Morgan fingerprint density at radius 2 is 1.92 bits per heavy atom. The summed E-state index contributed by atoms with van der Waals surface area (Å²) in [6.07, 6.45) is 0. The van der Waals surface area contributed by atoms with Crippen molar-refractivity contribution in [2.24, 2.45) is 0 Å². The monoisotopic (exact) mass is 349 g/mol. The van der Waals surface area contributed by atoms with Crippen molar-refractivity contribution in [1.29, 1.82) is 0 Å². The molecule has 0 saturated heterocycles. The zero-order valence-electron chi connectivity index (χ0n) is 13.8. The molecule has 2 aromatic carbocycles. The molecule has 4 aromatic rings. The molecule has 124 valence electrons. The number of nitrogens with zero attached hydrogens (tertiary/aromatic N) is 1. The van der Waals surface area contributed by atoms with Crippen molar-refractivity contribution in [1.82, 2.24) is 4.98 Å². The van der Waals surface area contributed by atoms with Crippen molar-refractivity contribution in [3.63, 3.8) is 0 Å². The number of thiazole rings is 1. The summed E-state index contributed by atoms with van der Waals surface area (Å²) < 4.78 is 10.7. The number of hydrogen-bond donors (Lipinski definition) is 0. The number of benzene rings is 2. The minimum absolute atomic E-state index is 0.419. The summed E-state index contributed by atoms with van der Waals surface area (Å²) in [5.41, 5.74) is 3.35. The van der Waals surface area contributed by atoms with Gasteiger partial charge in [0.1, 0.15) is 5.01 Å². The number of aromatic nitrogens is 1. The van der Waals surface area contributed by atoms with Crippen LogP contribution in [0.2, 0.25) is 0 Å². The van der Waals surface area contributed by atoms with E-state index in [0.29, 0.717) is 22.6 Å². The molecule has 0 atom stereocenters. The maximum atomic E-state index is 12.4. The Morgan fingerprint density at radius 1 is 1.12 bits per heavy atom. The van der Waals surface area contributed by atoms with Gasteiger partial charge in [-0.25, -0.2) is 9.78 Å². The van der Waals surface area contributed by atoms with Crippen molar-refractivity contribution in [2.75, 3.05) is 7.11 Å².